The van der Waals surface area contributed by atoms with Crippen molar-refractivity contribution in [2.24, 2.45) is 0 Å². The predicted octanol–water partition coefficient (Wildman–Crippen LogP) is 4.45. The molecule has 1 aliphatic rings. The summed E-state index contributed by atoms with van der Waals surface area (Å²) < 4.78 is 6.31. The van der Waals surface area contributed by atoms with E-state index in [1.807, 2.05) is 24.3 Å². The van der Waals surface area contributed by atoms with E-state index in [2.05, 4.69) is 41.3 Å². The second-order valence-electron chi connectivity index (χ2n) is 7.66. The topological polar surface area (TPSA) is 70.1 Å². The van der Waals surface area contributed by atoms with Gasteiger partial charge in [0.05, 0.1) is 18.7 Å². The van der Waals surface area contributed by atoms with Gasteiger partial charge in [-0.15, -0.1) is 0 Å². The summed E-state index contributed by atoms with van der Waals surface area (Å²) in [5.74, 6) is -0.848. The number of rotatable bonds is 9. The molecule has 1 atom stereocenters. The predicted molar refractivity (Wildman–Crippen MR) is 134 cm³/mol. The van der Waals surface area contributed by atoms with Crippen molar-refractivity contribution in [1.82, 2.24) is 9.80 Å². The fourth-order valence-electron chi connectivity index (χ4n) is 4.03. The number of benzene rings is 2. The summed E-state index contributed by atoms with van der Waals surface area (Å²) >= 11 is 2.22. The average Bonchev–Trinajstić information content (AvgIpc) is 3.07. The Bertz CT molecular complexity index is 999. The zero-order valence-corrected chi connectivity index (χ0v) is 20.8. The summed E-state index contributed by atoms with van der Waals surface area (Å²) in [5, 5.41) is 11.1. The minimum absolute atomic E-state index is 0.118. The lowest BCUT2D eigenvalue weighted by Crippen LogP contribution is -2.33. The number of Topliss-reactive ketones (excluding diaryl/α,β-unsaturated/α-hetero) is 1. The van der Waals surface area contributed by atoms with Crippen molar-refractivity contribution in [3.8, 4) is 5.75 Å². The van der Waals surface area contributed by atoms with Gasteiger partial charge < -0.3 is 19.6 Å². The van der Waals surface area contributed by atoms with E-state index >= 15 is 0 Å². The van der Waals surface area contributed by atoms with Crippen LogP contribution >= 0.6 is 22.6 Å². The number of hydrogen-bond acceptors (Lipinski definition) is 5. The van der Waals surface area contributed by atoms with Gasteiger partial charge in [0.2, 0.25) is 0 Å². The molecule has 3 rings (SSSR count). The molecular weight excluding hydrogens is 519 g/mol. The molecule has 7 heteroatoms. The van der Waals surface area contributed by atoms with Crippen LogP contribution in [-0.2, 0) is 9.59 Å². The maximum atomic E-state index is 13.1. The Morgan fingerprint density at radius 2 is 1.81 bits per heavy atom. The summed E-state index contributed by atoms with van der Waals surface area (Å²) in [4.78, 5) is 30.0. The molecule has 1 fully saturated rings. The average molecular weight is 548 g/mol. The van der Waals surface area contributed by atoms with Gasteiger partial charge in [-0.05, 0) is 78.5 Å². The van der Waals surface area contributed by atoms with Crippen LogP contribution in [0.3, 0.4) is 0 Å². The molecule has 1 amide bonds. The van der Waals surface area contributed by atoms with Crippen molar-refractivity contribution < 1.29 is 19.4 Å². The Hall–Kier alpha value is -2.39. The van der Waals surface area contributed by atoms with Crippen molar-refractivity contribution in [3.63, 3.8) is 0 Å². The molecule has 0 saturated carbocycles. The normalized spacial score (nSPS) is 17.9. The smallest absolute Gasteiger partial charge is 0.295 e. The monoisotopic (exact) mass is 548 g/mol. The zero-order chi connectivity index (χ0) is 23.3. The number of aliphatic hydroxyl groups is 1. The van der Waals surface area contributed by atoms with Gasteiger partial charge in [0.15, 0.2) is 0 Å². The lowest BCUT2D eigenvalue weighted by atomic mass is 9.95. The van der Waals surface area contributed by atoms with Crippen molar-refractivity contribution in [2.75, 3.05) is 33.3 Å². The van der Waals surface area contributed by atoms with E-state index in [1.54, 1.807) is 36.3 Å². The van der Waals surface area contributed by atoms with Crippen LogP contribution in [0.2, 0.25) is 0 Å². The Balaban J connectivity index is 2.03. The summed E-state index contributed by atoms with van der Waals surface area (Å²) in [6.07, 6.45) is 0.745. The molecule has 0 radical (unpaired) electrons. The number of carbonyl (C=O) groups excluding carboxylic acids is 2. The van der Waals surface area contributed by atoms with E-state index in [4.69, 9.17) is 4.74 Å². The molecular formula is C25H29IN2O4. The van der Waals surface area contributed by atoms with Crippen molar-refractivity contribution in [1.29, 1.82) is 0 Å². The van der Waals surface area contributed by atoms with Gasteiger partial charge in [0.1, 0.15) is 11.5 Å². The molecule has 1 N–H and O–H groups in total. The number of hydrogen-bond donors (Lipinski definition) is 1. The summed E-state index contributed by atoms with van der Waals surface area (Å²) in [7, 11) is 1.54. The van der Waals surface area contributed by atoms with Crippen LogP contribution in [0.15, 0.2) is 54.1 Å². The number of halogens is 1. The zero-order valence-electron chi connectivity index (χ0n) is 18.7. The molecule has 1 saturated heterocycles. The second-order valence-corrected chi connectivity index (χ2v) is 8.90. The standard InChI is InChI=1S/C25H29IN2O4/c1-4-27(5-2)14-7-15-28-22(17-10-12-19(26)13-11-17)21(24(30)25(28)31)23(29)18-8-6-9-20(16-18)32-3/h6,8-13,16,22,29H,4-5,7,14-15H2,1-3H3/b23-21+. The Labute approximate surface area is 203 Å². The largest absolute Gasteiger partial charge is 0.507 e. The number of ether oxygens (including phenoxy) is 1. The highest BCUT2D eigenvalue weighted by Gasteiger charge is 2.45. The highest BCUT2D eigenvalue weighted by molar-refractivity contribution is 14.1. The summed E-state index contributed by atoms with van der Waals surface area (Å²) in [6, 6.07) is 13.9. The fraction of sp³-hybridized carbons (Fsp3) is 0.360. The maximum Gasteiger partial charge on any atom is 0.295 e. The van der Waals surface area contributed by atoms with E-state index in [1.165, 1.54) is 0 Å². The number of carbonyl (C=O) groups is 2. The van der Waals surface area contributed by atoms with Gasteiger partial charge in [-0.3, -0.25) is 9.59 Å². The molecule has 0 bridgehead atoms. The number of ketones is 1. The quantitative estimate of drug-likeness (QED) is 0.217. The third kappa shape index (κ3) is 5.15. The van der Waals surface area contributed by atoms with Gasteiger partial charge in [-0.25, -0.2) is 0 Å². The molecule has 0 aromatic heterocycles. The van der Waals surface area contributed by atoms with E-state index in [0.717, 1.165) is 35.2 Å². The minimum atomic E-state index is -0.656. The van der Waals surface area contributed by atoms with Gasteiger partial charge in [0, 0.05) is 15.7 Å². The number of nitrogens with zero attached hydrogens (tertiary/aromatic N) is 2. The number of amides is 1. The van der Waals surface area contributed by atoms with Crippen molar-refractivity contribution >= 4 is 40.0 Å². The number of likely N-dealkylation sites (tertiary alicyclic amines) is 1. The molecule has 6 nitrogen and oxygen atoms in total. The first-order chi connectivity index (χ1) is 15.4. The first-order valence-corrected chi connectivity index (χ1v) is 11.9. The molecule has 1 heterocycles. The van der Waals surface area contributed by atoms with Gasteiger partial charge in [-0.1, -0.05) is 38.1 Å². The molecule has 2 aromatic carbocycles. The van der Waals surface area contributed by atoms with Crippen molar-refractivity contribution in [3.05, 3.63) is 68.8 Å². The van der Waals surface area contributed by atoms with Crippen LogP contribution in [0.4, 0.5) is 0 Å². The fourth-order valence-corrected chi connectivity index (χ4v) is 4.39. The first kappa shape index (κ1) is 24.3. The number of aliphatic hydroxyl groups excluding tert-OH is 1. The van der Waals surface area contributed by atoms with E-state index in [0.29, 0.717) is 17.9 Å². The second kappa shape index (κ2) is 11.0. The molecule has 170 valence electrons. The molecule has 32 heavy (non-hydrogen) atoms. The van der Waals surface area contributed by atoms with Crippen LogP contribution in [0.1, 0.15) is 37.4 Å². The Kier molecular flexibility index (Phi) is 8.31. The Morgan fingerprint density at radius 1 is 1.12 bits per heavy atom. The molecule has 1 unspecified atom stereocenters. The van der Waals surface area contributed by atoms with Gasteiger partial charge in [0.25, 0.3) is 11.7 Å². The maximum absolute atomic E-state index is 13.1. The highest BCUT2D eigenvalue weighted by atomic mass is 127. The summed E-state index contributed by atoms with van der Waals surface area (Å²) in [5.41, 5.74) is 1.37. The molecule has 2 aromatic rings. The third-order valence-corrected chi connectivity index (χ3v) is 6.56. The van der Waals surface area contributed by atoms with E-state index < -0.39 is 17.7 Å². The van der Waals surface area contributed by atoms with Gasteiger partial charge in [-0.2, -0.15) is 0 Å². The lowest BCUT2D eigenvalue weighted by molar-refractivity contribution is -0.140. The van der Waals surface area contributed by atoms with Crippen LogP contribution in [0.5, 0.6) is 5.75 Å². The molecule has 1 aliphatic heterocycles. The van der Waals surface area contributed by atoms with Crippen LogP contribution in [-0.4, -0.2) is 59.9 Å². The molecule has 0 spiro atoms. The van der Waals surface area contributed by atoms with E-state index in [9.17, 15) is 14.7 Å². The van der Waals surface area contributed by atoms with Crippen LogP contribution in [0.25, 0.3) is 5.76 Å². The SMILES string of the molecule is CCN(CC)CCCN1C(=O)C(=O)/C(=C(/O)c2cccc(OC)c2)C1c1ccc(I)cc1. The van der Waals surface area contributed by atoms with Gasteiger partial charge >= 0.3 is 0 Å². The lowest BCUT2D eigenvalue weighted by Gasteiger charge is -2.27. The molecule has 0 aliphatic carbocycles. The number of methoxy groups -OCH3 is 1. The van der Waals surface area contributed by atoms with Crippen molar-refractivity contribution in [2.45, 2.75) is 26.3 Å². The Morgan fingerprint density at radius 3 is 2.44 bits per heavy atom. The first-order valence-electron chi connectivity index (χ1n) is 10.8. The van der Waals surface area contributed by atoms with E-state index in [-0.39, 0.29) is 11.3 Å². The van der Waals surface area contributed by atoms with Crippen LogP contribution in [0, 0.1) is 3.57 Å². The third-order valence-electron chi connectivity index (χ3n) is 5.84. The minimum Gasteiger partial charge on any atom is -0.507 e. The summed E-state index contributed by atoms with van der Waals surface area (Å²) in [6.45, 7) is 7.36. The van der Waals surface area contributed by atoms with Crippen LogP contribution < -0.4 is 4.74 Å². The highest BCUT2D eigenvalue weighted by Crippen LogP contribution is 2.39.